The molecule has 0 unspecified atom stereocenters. The van der Waals surface area contributed by atoms with Crippen LogP contribution < -0.4 is 24.8 Å². The first kappa shape index (κ1) is 27.3. The molecule has 0 atom stereocenters. The van der Waals surface area contributed by atoms with Crippen LogP contribution in [0.2, 0.25) is 0 Å². The molecule has 4 heteroatoms. The predicted octanol–water partition coefficient (Wildman–Crippen LogP) is 0.977. The molecule has 3 rings (SSSR count). The van der Waals surface area contributed by atoms with Gasteiger partial charge in [0.1, 0.15) is 0 Å². The Bertz CT molecular complexity index is 635. The van der Waals surface area contributed by atoms with Gasteiger partial charge in [-0.1, -0.05) is 95.3 Å². The Balaban J connectivity index is 0. The molecular formula is C22H25Cl2NZr. The molecule has 0 saturated heterocycles. The van der Waals surface area contributed by atoms with Gasteiger partial charge < -0.3 is 30.1 Å². The number of rotatable bonds is 2. The maximum Gasteiger partial charge on any atom is 4.00 e. The van der Waals surface area contributed by atoms with Crippen molar-refractivity contribution in [3.05, 3.63) is 93.8 Å². The normalized spacial score (nSPS) is 8.81. The molecule has 0 amide bonds. The van der Waals surface area contributed by atoms with Gasteiger partial charge in [-0.15, -0.1) is 11.4 Å². The van der Waals surface area contributed by atoms with Gasteiger partial charge in [-0.2, -0.15) is 27.8 Å². The Hall–Kier alpha value is -0.947. The second kappa shape index (κ2) is 13.3. The van der Waals surface area contributed by atoms with E-state index < -0.39 is 0 Å². The zero-order valence-electron chi connectivity index (χ0n) is 16.0. The second-order valence-corrected chi connectivity index (χ2v) is 5.91. The Morgan fingerprint density at radius 2 is 0.923 bits per heavy atom. The van der Waals surface area contributed by atoms with E-state index in [0.29, 0.717) is 0 Å². The monoisotopic (exact) mass is 463 g/mol. The van der Waals surface area contributed by atoms with Crippen LogP contribution in [-0.2, 0) is 26.2 Å². The summed E-state index contributed by atoms with van der Waals surface area (Å²) in [5.74, 6) is 0. The standard InChI is InChI=1S/C12H10N.C10H15.2ClH.Zr/c1-3-7-11(8-4-1)13-12-9-5-2-6-10-12;1-6-7(2)9(4)10(5)8(6)3;;;/h1-10H;1-5H3;2*1H;/q2*-1;;;+4/p-2. The van der Waals surface area contributed by atoms with Crippen LogP contribution >= 0.6 is 0 Å². The molecule has 0 fully saturated rings. The summed E-state index contributed by atoms with van der Waals surface area (Å²) in [7, 11) is 0. The van der Waals surface area contributed by atoms with Crippen molar-refractivity contribution in [1.82, 2.24) is 0 Å². The maximum atomic E-state index is 4.44. The fraction of sp³-hybridized carbons (Fsp3) is 0.227. The molecule has 0 aliphatic carbocycles. The smallest absolute Gasteiger partial charge is 1.00 e. The Kier molecular flexibility index (Phi) is 13.9. The molecule has 0 radical (unpaired) electrons. The van der Waals surface area contributed by atoms with E-state index in [1.54, 1.807) is 0 Å². The summed E-state index contributed by atoms with van der Waals surface area (Å²) in [6, 6.07) is 19.9. The van der Waals surface area contributed by atoms with Gasteiger partial charge in [-0.05, 0) is 0 Å². The molecule has 0 aliphatic heterocycles. The van der Waals surface area contributed by atoms with Crippen molar-refractivity contribution in [2.24, 2.45) is 0 Å². The van der Waals surface area contributed by atoms with Gasteiger partial charge in [-0.3, -0.25) is 0 Å². The molecule has 3 aromatic rings. The molecule has 0 saturated carbocycles. The largest absolute Gasteiger partial charge is 4.00 e. The molecule has 0 aliphatic rings. The first-order chi connectivity index (χ1) is 11.0. The minimum Gasteiger partial charge on any atom is -1.00 e. The van der Waals surface area contributed by atoms with Crippen molar-refractivity contribution in [2.45, 2.75) is 34.6 Å². The van der Waals surface area contributed by atoms with Crippen LogP contribution in [0.25, 0.3) is 5.32 Å². The summed E-state index contributed by atoms with van der Waals surface area (Å²) in [4.78, 5) is 0. The van der Waals surface area contributed by atoms with E-state index in [0.717, 1.165) is 11.4 Å². The van der Waals surface area contributed by atoms with Crippen LogP contribution in [0.3, 0.4) is 0 Å². The number of hydrogen-bond donors (Lipinski definition) is 0. The molecule has 136 valence electrons. The summed E-state index contributed by atoms with van der Waals surface area (Å²) < 4.78 is 0. The van der Waals surface area contributed by atoms with E-state index in [2.05, 4.69) is 39.9 Å². The van der Waals surface area contributed by atoms with E-state index in [1.165, 1.54) is 27.8 Å². The fourth-order valence-electron chi connectivity index (χ4n) is 2.56. The van der Waals surface area contributed by atoms with Crippen LogP contribution in [0.15, 0.2) is 60.7 Å². The summed E-state index contributed by atoms with van der Waals surface area (Å²) >= 11 is 0. The van der Waals surface area contributed by atoms with Gasteiger partial charge in [0.2, 0.25) is 0 Å². The van der Waals surface area contributed by atoms with Gasteiger partial charge in [0.05, 0.1) is 0 Å². The van der Waals surface area contributed by atoms with E-state index in [1.807, 2.05) is 60.7 Å². The van der Waals surface area contributed by atoms with E-state index >= 15 is 0 Å². The SMILES string of the molecule is Cc1c(C)c(C)[c-](C)c1C.[Cl-].[Cl-].[Zr+4].c1ccc([N-]c2ccccc2)cc1. The number of para-hydroxylation sites is 2. The molecule has 0 spiro atoms. The Labute approximate surface area is 189 Å². The van der Waals surface area contributed by atoms with E-state index in [-0.39, 0.29) is 51.0 Å². The molecule has 0 heterocycles. The predicted molar refractivity (Wildman–Crippen MR) is 101 cm³/mol. The Morgan fingerprint density at radius 1 is 0.615 bits per heavy atom. The van der Waals surface area contributed by atoms with Crippen molar-refractivity contribution in [3.63, 3.8) is 0 Å². The minimum absolute atomic E-state index is 0. The molecule has 26 heavy (non-hydrogen) atoms. The minimum atomic E-state index is 0. The Morgan fingerprint density at radius 3 is 1.15 bits per heavy atom. The van der Waals surface area contributed by atoms with Gasteiger partial charge in [0, 0.05) is 0 Å². The van der Waals surface area contributed by atoms with Crippen LogP contribution in [0.4, 0.5) is 11.4 Å². The van der Waals surface area contributed by atoms with Crippen LogP contribution in [0.5, 0.6) is 0 Å². The fourth-order valence-corrected chi connectivity index (χ4v) is 2.56. The van der Waals surface area contributed by atoms with Gasteiger partial charge in [-0.25, -0.2) is 0 Å². The first-order valence-corrected chi connectivity index (χ1v) is 8.02. The average Bonchev–Trinajstić information content (AvgIpc) is 2.75. The molecule has 0 aromatic heterocycles. The second-order valence-electron chi connectivity index (χ2n) is 5.91. The average molecular weight is 466 g/mol. The summed E-state index contributed by atoms with van der Waals surface area (Å²) in [5.41, 5.74) is 9.33. The number of halogens is 2. The molecule has 3 aromatic carbocycles. The van der Waals surface area contributed by atoms with Crippen molar-refractivity contribution < 1.29 is 51.0 Å². The summed E-state index contributed by atoms with van der Waals surface area (Å²) in [6.07, 6.45) is 0. The van der Waals surface area contributed by atoms with Crippen molar-refractivity contribution >= 4 is 11.4 Å². The van der Waals surface area contributed by atoms with Crippen molar-refractivity contribution in [3.8, 4) is 0 Å². The summed E-state index contributed by atoms with van der Waals surface area (Å²) in [6.45, 7) is 11.0. The maximum absolute atomic E-state index is 4.44. The zero-order valence-corrected chi connectivity index (χ0v) is 19.9. The topological polar surface area (TPSA) is 14.1 Å². The third kappa shape index (κ3) is 7.35. The van der Waals surface area contributed by atoms with Gasteiger partial charge >= 0.3 is 26.2 Å². The molecule has 1 nitrogen and oxygen atoms in total. The zero-order chi connectivity index (χ0) is 16.8. The molecule has 0 N–H and O–H groups in total. The third-order valence-electron chi connectivity index (χ3n) is 4.58. The number of benzene rings is 2. The van der Waals surface area contributed by atoms with Crippen LogP contribution in [-0.4, -0.2) is 0 Å². The molecule has 0 bridgehead atoms. The summed E-state index contributed by atoms with van der Waals surface area (Å²) in [5, 5.41) is 4.44. The van der Waals surface area contributed by atoms with Crippen molar-refractivity contribution in [1.29, 1.82) is 0 Å². The first-order valence-electron chi connectivity index (χ1n) is 8.02. The van der Waals surface area contributed by atoms with Gasteiger partial charge in [0.15, 0.2) is 0 Å². The van der Waals surface area contributed by atoms with E-state index in [9.17, 15) is 0 Å². The quantitative estimate of drug-likeness (QED) is 0.501. The number of nitrogens with zero attached hydrogens (tertiary/aromatic N) is 1. The van der Waals surface area contributed by atoms with Crippen molar-refractivity contribution in [2.75, 3.05) is 0 Å². The molecular weight excluding hydrogens is 440 g/mol. The third-order valence-corrected chi connectivity index (χ3v) is 4.58. The van der Waals surface area contributed by atoms with Gasteiger partial charge in [0.25, 0.3) is 0 Å². The number of hydrogen-bond acceptors (Lipinski definition) is 0. The van der Waals surface area contributed by atoms with Crippen LogP contribution in [0.1, 0.15) is 27.8 Å². The van der Waals surface area contributed by atoms with Crippen LogP contribution in [0, 0.1) is 34.6 Å². The van der Waals surface area contributed by atoms with E-state index in [4.69, 9.17) is 0 Å².